The van der Waals surface area contributed by atoms with Gasteiger partial charge in [-0.15, -0.1) is 11.3 Å². The lowest BCUT2D eigenvalue weighted by atomic mass is 10.0. The Balaban J connectivity index is 1.75. The highest BCUT2D eigenvalue weighted by atomic mass is 79.9. The third kappa shape index (κ3) is 3.31. The van der Waals surface area contributed by atoms with Crippen molar-refractivity contribution in [2.45, 2.75) is 5.92 Å². The predicted molar refractivity (Wildman–Crippen MR) is 91.3 cm³/mol. The fourth-order valence-electron chi connectivity index (χ4n) is 2.26. The minimum Gasteiger partial charge on any atom is -0.469 e. The van der Waals surface area contributed by atoms with Crippen LogP contribution in [-0.2, 0) is 0 Å². The Morgan fingerprint density at radius 1 is 1.18 bits per heavy atom. The standard InChI is InChI=1S/C17H14BrNO2S/c18-14-6-2-1-5-12(14)17(20)19-11-13(15-7-3-9-21-15)16-8-4-10-22-16/h1-10,13H,11H2,(H,19,20)/t13-/m1/s1. The Bertz CT molecular complexity index is 704. The van der Waals surface area contributed by atoms with Crippen LogP contribution in [0.15, 0.2) is 69.1 Å². The van der Waals surface area contributed by atoms with Crippen molar-refractivity contribution in [1.82, 2.24) is 5.32 Å². The molecule has 0 bridgehead atoms. The van der Waals surface area contributed by atoms with Crippen molar-refractivity contribution >= 4 is 33.2 Å². The van der Waals surface area contributed by atoms with Gasteiger partial charge in [-0.1, -0.05) is 18.2 Å². The van der Waals surface area contributed by atoms with Crippen LogP contribution in [-0.4, -0.2) is 12.5 Å². The molecule has 0 spiro atoms. The predicted octanol–water partition coefficient (Wildman–Crippen LogP) is 4.67. The molecule has 0 radical (unpaired) electrons. The summed E-state index contributed by atoms with van der Waals surface area (Å²) in [5, 5.41) is 5.02. The van der Waals surface area contributed by atoms with Crippen LogP contribution in [0.1, 0.15) is 26.9 Å². The van der Waals surface area contributed by atoms with E-state index in [-0.39, 0.29) is 11.8 Å². The Kier molecular flexibility index (Phi) is 4.75. The molecule has 5 heteroatoms. The van der Waals surface area contributed by atoms with Crippen LogP contribution in [0.3, 0.4) is 0 Å². The molecule has 2 heterocycles. The number of carbonyl (C=O) groups is 1. The van der Waals surface area contributed by atoms with Gasteiger partial charge in [0.2, 0.25) is 0 Å². The smallest absolute Gasteiger partial charge is 0.252 e. The van der Waals surface area contributed by atoms with Crippen molar-refractivity contribution in [3.05, 3.63) is 80.8 Å². The molecule has 1 amide bonds. The number of halogens is 1. The molecule has 0 saturated carbocycles. The summed E-state index contributed by atoms with van der Waals surface area (Å²) in [5.41, 5.74) is 0.631. The first-order valence-electron chi connectivity index (χ1n) is 6.85. The van der Waals surface area contributed by atoms with Crippen molar-refractivity contribution in [3.63, 3.8) is 0 Å². The average molecular weight is 376 g/mol. The summed E-state index contributed by atoms with van der Waals surface area (Å²) in [6.45, 7) is 0.494. The van der Waals surface area contributed by atoms with Crippen LogP contribution >= 0.6 is 27.3 Å². The number of benzene rings is 1. The normalized spacial score (nSPS) is 12.0. The van der Waals surface area contributed by atoms with Crippen LogP contribution in [0.4, 0.5) is 0 Å². The van der Waals surface area contributed by atoms with Gasteiger partial charge < -0.3 is 9.73 Å². The first-order valence-corrected chi connectivity index (χ1v) is 8.52. The van der Waals surface area contributed by atoms with Crippen molar-refractivity contribution in [2.75, 3.05) is 6.54 Å². The number of carbonyl (C=O) groups excluding carboxylic acids is 1. The number of thiophene rings is 1. The quantitative estimate of drug-likeness (QED) is 0.704. The van der Waals surface area contributed by atoms with E-state index in [4.69, 9.17) is 4.42 Å². The van der Waals surface area contributed by atoms with Gasteiger partial charge in [0.1, 0.15) is 5.76 Å². The summed E-state index contributed by atoms with van der Waals surface area (Å²) in [7, 11) is 0. The zero-order valence-electron chi connectivity index (χ0n) is 11.7. The molecule has 0 aliphatic carbocycles. The largest absolute Gasteiger partial charge is 0.469 e. The molecule has 3 aromatic rings. The molecule has 0 saturated heterocycles. The SMILES string of the molecule is O=C(NC[C@H](c1ccco1)c1cccs1)c1ccccc1Br. The molecule has 3 rings (SSSR count). The zero-order chi connectivity index (χ0) is 15.4. The maximum atomic E-state index is 12.3. The topological polar surface area (TPSA) is 42.2 Å². The lowest BCUT2D eigenvalue weighted by Crippen LogP contribution is -2.28. The molecule has 1 aromatic carbocycles. The van der Waals surface area contributed by atoms with Gasteiger partial charge in [-0.2, -0.15) is 0 Å². The van der Waals surface area contributed by atoms with Gasteiger partial charge in [0.15, 0.2) is 0 Å². The van der Waals surface area contributed by atoms with E-state index in [0.717, 1.165) is 10.2 Å². The second kappa shape index (κ2) is 6.94. The molecule has 2 aromatic heterocycles. The second-order valence-electron chi connectivity index (χ2n) is 4.77. The fourth-order valence-corrected chi connectivity index (χ4v) is 3.56. The minimum atomic E-state index is -0.0967. The van der Waals surface area contributed by atoms with E-state index in [2.05, 4.69) is 27.3 Å². The van der Waals surface area contributed by atoms with Gasteiger partial charge in [0, 0.05) is 15.9 Å². The summed E-state index contributed by atoms with van der Waals surface area (Å²) < 4.78 is 6.32. The summed E-state index contributed by atoms with van der Waals surface area (Å²) in [6.07, 6.45) is 1.66. The highest BCUT2D eigenvalue weighted by Crippen LogP contribution is 2.28. The van der Waals surface area contributed by atoms with Crippen molar-refractivity contribution < 1.29 is 9.21 Å². The lowest BCUT2D eigenvalue weighted by molar-refractivity contribution is 0.0951. The second-order valence-corrected chi connectivity index (χ2v) is 6.61. The molecule has 0 fully saturated rings. The Morgan fingerprint density at radius 3 is 2.73 bits per heavy atom. The number of nitrogens with one attached hydrogen (secondary N) is 1. The number of hydrogen-bond donors (Lipinski definition) is 1. The average Bonchev–Trinajstić information content (AvgIpc) is 3.21. The third-order valence-electron chi connectivity index (χ3n) is 3.36. The first-order chi connectivity index (χ1) is 10.8. The Hall–Kier alpha value is -1.85. The van der Waals surface area contributed by atoms with E-state index in [1.54, 1.807) is 23.7 Å². The molecule has 3 nitrogen and oxygen atoms in total. The van der Waals surface area contributed by atoms with E-state index in [9.17, 15) is 4.79 Å². The fraction of sp³-hybridized carbons (Fsp3) is 0.118. The highest BCUT2D eigenvalue weighted by Gasteiger charge is 2.19. The number of furan rings is 1. The summed E-state index contributed by atoms with van der Waals surface area (Å²) in [5.74, 6) is 0.789. The van der Waals surface area contributed by atoms with Gasteiger partial charge >= 0.3 is 0 Å². The van der Waals surface area contributed by atoms with Crippen molar-refractivity contribution in [1.29, 1.82) is 0 Å². The molecule has 0 aliphatic heterocycles. The van der Waals surface area contributed by atoms with Gasteiger partial charge in [0.05, 0.1) is 17.7 Å². The van der Waals surface area contributed by atoms with Gasteiger partial charge in [-0.3, -0.25) is 4.79 Å². The maximum Gasteiger partial charge on any atom is 0.252 e. The van der Waals surface area contributed by atoms with E-state index >= 15 is 0 Å². The van der Waals surface area contributed by atoms with Crippen LogP contribution in [0.5, 0.6) is 0 Å². The molecule has 1 atom stereocenters. The van der Waals surface area contributed by atoms with Gasteiger partial charge in [-0.25, -0.2) is 0 Å². The van der Waals surface area contributed by atoms with E-state index in [1.807, 2.05) is 41.8 Å². The molecular weight excluding hydrogens is 362 g/mol. The summed E-state index contributed by atoms with van der Waals surface area (Å²) >= 11 is 5.06. The molecular formula is C17H14BrNO2S. The monoisotopic (exact) mass is 375 g/mol. The maximum absolute atomic E-state index is 12.3. The Morgan fingerprint density at radius 2 is 2.05 bits per heavy atom. The van der Waals surface area contributed by atoms with Gasteiger partial charge in [-0.05, 0) is 51.6 Å². The number of amides is 1. The van der Waals surface area contributed by atoms with E-state index in [0.29, 0.717) is 12.1 Å². The Labute approximate surface area is 141 Å². The van der Waals surface area contributed by atoms with E-state index in [1.165, 1.54) is 4.88 Å². The van der Waals surface area contributed by atoms with Gasteiger partial charge in [0.25, 0.3) is 5.91 Å². The molecule has 112 valence electrons. The van der Waals surface area contributed by atoms with Crippen LogP contribution < -0.4 is 5.32 Å². The van der Waals surface area contributed by atoms with Crippen LogP contribution in [0.25, 0.3) is 0 Å². The lowest BCUT2D eigenvalue weighted by Gasteiger charge is -2.14. The van der Waals surface area contributed by atoms with E-state index < -0.39 is 0 Å². The number of hydrogen-bond acceptors (Lipinski definition) is 3. The summed E-state index contributed by atoms with van der Waals surface area (Å²) in [6, 6.07) is 15.3. The van der Waals surface area contributed by atoms with Crippen LogP contribution in [0, 0.1) is 0 Å². The highest BCUT2D eigenvalue weighted by molar-refractivity contribution is 9.10. The minimum absolute atomic E-state index is 0.0291. The zero-order valence-corrected chi connectivity index (χ0v) is 14.1. The molecule has 1 N–H and O–H groups in total. The first kappa shape index (κ1) is 15.1. The number of rotatable bonds is 5. The summed E-state index contributed by atoms with van der Waals surface area (Å²) in [4.78, 5) is 13.5. The molecule has 0 unspecified atom stereocenters. The third-order valence-corrected chi connectivity index (χ3v) is 5.04. The van der Waals surface area contributed by atoms with Crippen molar-refractivity contribution in [2.24, 2.45) is 0 Å². The van der Waals surface area contributed by atoms with Crippen LogP contribution in [0.2, 0.25) is 0 Å². The molecule has 22 heavy (non-hydrogen) atoms. The van der Waals surface area contributed by atoms with Crippen molar-refractivity contribution in [3.8, 4) is 0 Å². The molecule has 0 aliphatic rings.